The molecule has 62 valence electrons. The highest BCUT2D eigenvalue weighted by Gasteiger charge is 2.45. The normalized spacial score (nSPS) is 27.2. The third kappa shape index (κ3) is 1.16. The van der Waals surface area contributed by atoms with Crippen molar-refractivity contribution in [2.75, 3.05) is 13.1 Å². The second kappa shape index (κ2) is 2.24. The summed E-state index contributed by atoms with van der Waals surface area (Å²) in [5.74, 6) is 0. The molecule has 11 heavy (non-hydrogen) atoms. The molecular weight excluding hydrogens is 138 g/mol. The van der Waals surface area contributed by atoms with E-state index in [9.17, 15) is 5.11 Å². The first kappa shape index (κ1) is 7.17. The number of hydrogen-bond acceptors (Lipinski definition) is 2. The average molecular weight is 153 g/mol. The van der Waals surface area contributed by atoms with Gasteiger partial charge in [-0.3, -0.25) is 0 Å². The Morgan fingerprint density at radius 2 is 1.82 bits per heavy atom. The molecule has 0 aromatic rings. The Kier molecular flexibility index (Phi) is 1.46. The highest BCUT2D eigenvalue weighted by molar-refractivity contribution is 5.20. The maximum atomic E-state index is 9.72. The Morgan fingerprint density at radius 3 is 2.27 bits per heavy atom. The number of aliphatic hydroxyl groups is 1. The number of likely N-dealkylation sites (tertiary alicyclic amines) is 1. The van der Waals surface area contributed by atoms with E-state index >= 15 is 0 Å². The van der Waals surface area contributed by atoms with Gasteiger partial charge in [-0.25, -0.2) is 0 Å². The van der Waals surface area contributed by atoms with Gasteiger partial charge < -0.3 is 10.0 Å². The Balaban J connectivity index is 1.98. The van der Waals surface area contributed by atoms with Crippen LogP contribution in [0, 0.1) is 0 Å². The van der Waals surface area contributed by atoms with E-state index in [0.29, 0.717) is 0 Å². The highest BCUT2D eigenvalue weighted by Crippen LogP contribution is 2.43. The van der Waals surface area contributed by atoms with E-state index in [-0.39, 0.29) is 0 Å². The van der Waals surface area contributed by atoms with Crippen molar-refractivity contribution < 1.29 is 5.11 Å². The first-order valence-electron chi connectivity index (χ1n) is 4.39. The van der Waals surface area contributed by atoms with Gasteiger partial charge in [-0.1, -0.05) is 6.58 Å². The molecule has 0 unspecified atom stereocenters. The van der Waals surface area contributed by atoms with Crippen LogP contribution in [0.5, 0.6) is 0 Å². The van der Waals surface area contributed by atoms with Gasteiger partial charge in [0.2, 0.25) is 0 Å². The Labute approximate surface area is 67.5 Å². The lowest BCUT2D eigenvalue weighted by atomic mass is 10.2. The van der Waals surface area contributed by atoms with E-state index in [1.165, 1.54) is 12.8 Å². The van der Waals surface area contributed by atoms with Crippen molar-refractivity contribution in [2.45, 2.75) is 31.3 Å². The van der Waals surface area contributed by atoms with Crippen molar-refractivity contribution in [1.29, 1.82) is 0 Å². The van der Waals surface area contributed by atoms with Crippen LogP contribution in [0.1, 0.15) is 25.7 Å². The smallest absolute Gasteiger partial charge is 0.104 e. The molecule has 0 atom stereocenters. The third-order valence-electron chi connectivity index (χ3n) is 2.75. The minimum Gasteiger partial charge on any atom is -0.384 e. The Hall–Kier alpha value is -0.500. The van der Waals surface area contributed by atoms with Crippen LogP contribution in [0.25, 0.3) is 0 Å². The van der Waals surface area contributed by atoms with E-state index in [2.05, 4.69) is 11.5 Å². The van der Waals surface area contributed by atoms with E-state index in [4.69, 9.17) is 0 Å². The van der Waals surface area contributed by atoms with Crippen LogP contribution >= 0.6 is 0 Å². The molecule has 1 aliphatic carbocycles. The van der Waals surface area contributed by atoms with Crippen LogP contribution in [0.15, 0.2) is 12.3 Å². The standard InChI is InChI=1S/C9H15NO/c1-8(9(11)4-5-9)10-6-2-3-7-10/h11H,1-7H2. The fraction of sp³-hybridized carbons (Fsp3) is 0.778. The quantitative estimate of drug-likeness (QED) is 0.642. The average Bonchev–Trinajstić information content (AvgIpc) is 2.54. The highest BCUT2D eigenvalue weighted by atomic mass is 16.3. The summed E-state index contributed by atoms with van der Waals surface area (Å²) in [6.45, 7) is 6.14. The zero-order chi connectivity index (χ0) is 7.90. The van der Waals surface area contributed by atoms with Gasteiger partial charge in [-0.2, -0.15) is 0 Å². The lowest BCUT2D eigenvalue weighted by Gasteiger charge is -2.24. The predicted octanol–water partition coefficient (Wildman–Crippen LogP) is 1.12. The molecule has 1 saturated carbocycles. The molecule has 2 fully saturated rings. The molecular formula is C9H15NO. The second-order valence-electron chi connectivity index (χ2n) is 3.67. The molecule has 2 rings (SSSR count). The maximum Gasteiger partial charge on any atom is 0.104 e. The molecule has 0 bridgehead atoms. The minimum atomic E-state index is -0.496. The Morgan fingerprint density at radius 1 is 1.27 bits per heavy atom. The monoisotopic (exact) mass is 153 g/mol. The molecule has 1 N–H and O–H groups in total. The number of rotatable bonds is 2. The summed E-state index contributed by atoms with van der Waals surface area (Å²) in [6, 6.07) is 0. The molecule has 1 heterocycles. The third-order valence-corrected chi connectivity index (χ3v) is 2.75. The summed E-state index contributed by atoms with van der Waals surface area (Å²) in [7, 11) is 0. The van der Waals surface area contributed by atoms with E-state index in [1.54, 1.807) is 0 Å². The maximum absolute atomic E-state index is 9.72. The van der Waals surface area contributed by atoms with Crippen molar-refractivity contribution in [2.24, 2.45) is 0 Å². The number of nitrogens with zero attached hydrogens (tertiary/aromatic N) is 1. The minimum absolute atomic E-state index is 0.496. The lowest BCUT2D eigenvalue weighted by molar-refractivity contribution is 0.151. The topological polar surface area (TPSA) is 23.5 Å². The summed E-state index contributed by atoms with van der Waals surface area (Å²) >= 11 is 0. The van der Waals surface area contributed by atoms with E-state index < -0.39 is 5.60 Å². The molecule has 0 aromatic heterocycles. The molecule has 2 aliphatic rings. The molecule has 1 saturated heterocycles. The first-order valence-corrected chi connectivity index (χ1v) is 4.39. The Bertz CT molecular complexity index is 178. The van der Waals surface area contributed by atoms with E-state index in [1.807, 2.05) is 0 Å². The van der Waals surface area contributed by atoms with Crippen molar-refractivity contribution in [3.05, 3.63) is 12.3 Å². The summed E-state index contributed by atoms with van der Waals surface area (Å²) in [6.07, 6.45) is 4.36. The van der Waals surface area contributed by atoms with Gasteiger partial charge in [-0.15, -0.1) is 0 Å². The molecule has 2 heteroatoms. The van der Waals surface area contributed by atoms with Crippen LogP contribution in [0.4, 0.5) is 0 Å². The van der Waals surface area contributed by atoms with Gasteiger partial charge in [0.1, 0.15) is 5.60 Å². The zero-order valence-electron chi connectivity index (χ0n) is 6.84. The van der Waals surface area contributed by atoms with Gasteiger partial charge in [0, 0.05) is 18.8 Å². The van der Waals surface area contributed by atoms with Crippen molar-refractivity contribution in [1.82, 2.24) is 4.90 Å². The first-order chi connectivity index (χ1) is 5.22. The van der Waals surface area contributed by atoms with Crippen molar-refractivity contribution in [3.63, 3.8) is 0 Å². The van der Waals surface area contributed by atoms with Crippen LogP contribution < -0.4 is 0 Å². The second-order valence-corrected chi connectivity index (χ2v) is 3.67. The lowest BCUT2D eigenvalue weighted by Crippen LogP contribution is -2.27. The van der Waals surface area contributed by atoms with Crippen LogP contribution in [-0.2, 0) is 0 Å². The summed E-state index contributed by atoms with van der Waals surface area (Å²) < 4.78 is 0. The van der Waals surface area contributed by atoms with Crippen molar-refractivity contribution in [3.8, 4) is 0 Å². The fourth-order valence-electron chi connectivity index (χ4n) is 1.69. The number of hydrogen-bond donors (Lipinski definition) is 1. The molecule has 2 nitrogen and oxygen atoms in total. The van der Waals surface area contributed by atoms with Gasteiger partial charge in [-0.05, 0) is 25.7 Å². The fourth-order valence-corrected chi connectivity index (χ4v) is 1.69. The molecule has 1 aliphatic heterocycles. The van der Waals surface area contributed by atoms with Gasteiger partial charge in [0.15, 0.2) is 0 Å². The van der Waals surface area contributed by atoms with E-state index in [0.717, 1.165) is 31.6 Å². The summed E-state index contributed by atoms with van der Waals surface area (Å²) in [5, 5.41) is 9.72. The summed E-state index contributed by atoms with van der Waals surface area (Å²) in [4.78, 5) is 2.23. The van der Waals surface area contributed by atoms with Crippen molar-refractivity contribution >= 4 is 0 Å². The molecule has 0 spiro atoms. The van der Waals surface area contributed by atoms with Gasteiger partial charge >= 0.3 is 0 Å². The van der Waals surface area contributed by atoms with Crippen LogP contribution in [0.2, 0.25) is 0 Å². The van der Waals surface area contributed by atoms with Gasteiger partial charge in [0.05, 0.1) is 0 Å². The zero-order valence-corrected chi connectivity index (χ0v) is 6.84. The van der Waals surface area contributed by atoms with Gasteiger partial charge in [0.25, 0.3) is 0 Å². The predicted molar refractivity (Wildman–Crippen MR) is 44.1 cm³/mol. The molecule has 0 aromatic carbocycles. The summed E-state index contributed by atoms with van der Waals surface area (Å²) in [5.41, 5.74) is 0.472. The van der Waals surface area contributed by atoms with Crippen LogP contribution in [0.3, 0.4) is 0 Å². The molecule has 0 radical (unpaired) electrons. The molecule has 0 amide bonds. The van der Waals surface area contributed by atoms with Crippen LogP contribution in [-0.4, -0.2) is 28.7 Å². The largest absolute Gasteiger partial charge is 0.384 e. The SMILES string of the molecule is C=C(N1CCCC1)C1(O)CC1.